The molecule has 140 valence electrons. The zero-order valence-electron chi connectivity index (χ0n) is 15.6. The first-order chi connectivity index (χ1) is 12.6. The number of nitrogens with zero attached hydrogens (tertiary/aromatic N) is 4. The Bertz CT molecular complexity index is 729. The van der Waals surface area contributed by atoms with Crippen molar-refractivity contribution < 1.29 is 14.3 Å². The van der Waals surface area contributed by atoms with Gasteiger partial charge in [-0.05, 0) is 31.0 Å². The summed E-state index contributed by atoms with van der Waals surface area (Å²) in [6, 6.07) is 7.93. The highest BCUT2D eigenvalue weighted by molar-refractivity contribution is 5.77. The molecule has 0 bridgehead atoms. The van der Waals surface area contributed by atoms with Crippen LogP contribution in [0.25, 0.3) is 0 Å². The lowest BCUT2D eigenvalue weighted by Crippen LogP contribution is -2.30. The lowest BCUT2D eigenvalue weighted by atomic mass is 10.0. The van der Waals surface area contributed by atoms with Crippen molar-refractivity contribution in [2.24, 2.45) is 7.05 Å². The fraction of sp³-hybridized carbons (Fsp3) is 0.526. The van der Waals surface area contributed by atoms with Gasteiger partial charge in [-0.25, -0.2) is 0 Å². The van der Waals surface area contributed by atoms with Crippen molar-refractivity contribution in [3.8, 4) is 5.75 Å². The van der Waals surface area contributed by atoms with Gasteiger partial charge in [0.2, 0.25) is 5.91 Å². The summed E-state index contributed by atoms with van der Waals surface area (Å²) < 4.78 is 12.7. The smallest absolute Gasteiger partial charge is 0.223 e. The number of hydrogen-bond donors (Lipinski definition) is 0. The summed E-state index contributed by atoms with van der Waals surface area (Å²) in [5.41, 5.74) is 2.01. The van der Waals surface area contributed by atoms with E-state index < -0.39 is 0 Å². The lowest BCUT2D eigenvalue weighted by Gasteiger charge is -2.16. The molecule has 0 spiro atoms. The minimum absolute atomic E-state index is 0.0406. The van der Waals surface area contributed by atoms with Gasteiger partial charge in [-0.1, -0.05) is 17.3 Å². The molecule has 1 amide bonds. The highest BCUT2D eigenvalue weighted by Gasteiger charge is 2.37. The maximum absolute atomic E-state index is 12.6. The summed E-state index contributed by atoms with van der Waals surface area (Å²) in [6.45, 7) is 3.84. The molecular formula is C19H26N4O3. The van der Waals surface area contributed by atoms with Crippen LogP contribution in [0.2, 0.25) is 0 Å². The minimum Gasteiger partial charge on any atom is -0.494 e. The molecule has 1 aromatic carbocycles. The van der Waals surface area contributed by atoms with Gasteiger partial charge in [0, 0.05) is 39.9 Å². The van der Waals surface area contributed by atoms with Crippen molar-refractivity contribution in [1.82, 2.24) is 19.9 Å². The Morgan fingerprint density at radius 3 is 2.65 bits per heavy atom. The summed E-state index contributed by atoms with van der Waals surface area (Å²) in [4.78, 5) is 14.5. The molecule has 7 nitrogen and oxygen atoms in total. The molecule has 2 heterocycles. The Balaban J connectivity index is 1.56. The molecule has 2 aromatic rings. The Morgan fingerprint density at radius 1 is 1.27 bits per heavy atom. The van der Waals surface area contributed by atoms with Crippen LogP contribution >= 0.6 is 0 Å². The van der Waals surface area contributed by atoms with Gasteiger partial charge in [0.05, 0.1) is 24.3 Å². The Kier molecular flexibility index (Phi) is 5.88. The molecular weight excluding hydrogens is 332 g/mol. The molecule has 0 saturated carbocycles. The molecule has 1 aliphatic heterocycles. The summed E-state index contributed by atoms with van der Waals surface area (Å²) in [5.74, 6) is 1.08. The summed E-state index contributed by atoms with van der Waals surface area (Å²) in [5, 5.41) is 8.18. The summed E-state index contributed by atoms with van der Waals surface area (Å²) >= 11 is 0. The van der Waals surface area contributed by atoms with E-state index in [0.29, 0.717) is 26.1 Å². The monoisotopic (exact) mass is 358 g/mol. The number of amides is 1. The van der Waals surface area contributed by atoms with Crippen LogP contribution in [0.4, 0.5) is 0 Å². The molecule has 3 rings (SSSR count). The highest BCUT2D eigenvalue weighted by Crippen LogP contribution is 2.28. The molecule has 1 aliphatic rings. The Morgan fingerprint density at radius 2 is 2.04 bits per heavy atom. The number of rotatable bonds is 7. The zero-order valence-corrected chi connectivity index (χ0v) is 15.6. The van der Waals surface area contributed by atoms with E-state index in [2.05, 4.69) is 10.3 Å². The number of carbonyl (C=O) groups is 1. The molecule has 0 N–H and O–H groups in total. The van der Waals surface area contributed by atoms with Crippen LogP contribution in [0.3, 0.4) is 0 Å². The number of hydrogen-bond acceptors (Lipinski definition) is 5. The number of benzene rings is 1. The van der Waals surface area contributed by atoms with E-state index in [4.69, 9.17) is 9.47 Å². The first-order valence-corrected chi connectivity index (χ1v) is 8.99. The van der Waals surface area contributed by atoms with Gasteiger partial charge < -0.3 is 14.4 Å². The van der Waals surface area contributed by atoms with E-state index in [-0.39, 0.29) is 17.9 Å². The quantitative estimate of drug-likeness (QED) is 0.755. The number of aromatic nitrogens is 3. The fourth-order valence-corrected chi connectivity index (χ4v) is 3.36. The third-order valence-electron chi connectivity index (χ3n) is 4.78. The zero-order chi connectivity index (χ0) is 18.5. The van der Waals surface area contributed by atoms with Gasteiger partial charge in [0.15, 0.2) is 0 Å². The SMILES string of the molecule is CCOc1ccc(CCC(=O)N2C[C@@H](OC)[C@H](c3cn(C)nn3)C2)cc1. The lowest BCUT2D eigenvalue weighted by molar-refractivity contribution is -0.130. The number of ether oxygens (including phenoxy) is 2. The minimum atomic E-state index is -0.0406. The van der Waals surface area contributed by atoms with Crippen LogP contribution < -0.4 is 4.74 Å². The largest absolute Gasteiger partial charge is 0.494 e. The molecule has 0 radical (unpaired) electrons. The van der Waals surface area contributed by atoms with Crippen molar-refractivity contribution in [3.05, 3.63) is 41.7 Å². The van der Waals surface area contributed by atoms with Crippen molar-refractivity contribution in [2.45, 2.75) is 31.8 Å². The number of carbonyl (C=O) groups excluding carboxylic acids is 1. The van der Waals surface area contributed by atoms with E-state index in [0.717, 1.165) is 23.4 Å². The van der Waals surface area contributed by atoms with Gasteiger partial charge in [-0.2, -0.15) is 0 Å². The first-order valence-electron chi connectivity index (χ1n) is 8.99. The van der Waals surface area contributed by atoms with E-state index in [1.165, 1.54) is 0 Å². The maximum Gasteiger partial charge on any atom is 0.223 e. The number of methoxy groups -OCH3 is 1. The normalized spacial score (nSPS) is 19.7. The second kappa shape index (κ2) is 8.31. The average molecular weight is 358 g/mol. The van der Waals surface area contributed by atoms with E-state index in [9.17, 15) is 4.79 Å². The van der Waals surface area contributed by atoms with Crippen LogP contribution in [0, 0.1) is 0 Å². The molecule has 1 fully saturated rings. The van der Waals surface area contributed by atoms with Crippen LogP contribution in [0.5, 0.6) is 5.75 Å². The van der Waals surface area contributed by atoms with Crippen LogP contribution in [0.1, 0.15) is 30.5 Å². The second-order valence-corrected chi connectivity index (χ2v) is 6.57. The molecule has 0 aliphatic carbocycles. The van der Waals surface area contributed by atoms with Crippen molar-refractivity contribution in [3.63, 3.8) is 0 Å². The van der Waals surface area contributed by atoms with Gasteiger partial charge in [0.1, 0.15) is 5.75 Å². The standard InChI is InChI=1S/C19H26N4O3/c1-4-26-15-8-5-14(6-9-15)7-10-19(24)23-11-16(18(13-23)25-3)17-12-22(2)21-20-17/h5-6,8-9,12,16,18H,4,7,10-11,13H2,1-3H3/t16-,18+/m0/s1. The van der Waals surface area contributed by atoms with E-state index in [1.807, 2.05) is 49.3 Å². The summed E-state index contributed by atoms with van der Waals surface area (Å²) in [6.07, 6.45) is 3.05. The Labute approximate surface area is 153 Å². The van der Waals surface area contributed by atoms with Crippen LogP contribution in [-0.4, -0.2) is 58.7 Å². The first kappa shape index (κ1) is 18.4. The average Bonchev–Trinajstić information content (AvgIpc) is 3.27. The third kappa shape index (κ3) is 4.22. The molecule has 7 heteroatoms. The predicted octanol–water partition coefficient (Wildman–Crippen LogP) is 1.79. The molecule has 26 heavy (non-hydrogen) atoms. The Hall–Kier alpha value is -2.41. The van der Waals surface area contributed by atoms with E-state index >= 15 is 0 Å². The van der Waals surface area contributed by atoms with Crippen LogP contribution in [0.15, 0.2) is 30.5 Å². The van der Waals surface area contributed by atoms with Gasteiger partial charge >= 0.3 is 0 Å². The second-order valence-electron chi connectivity index (χ2n) is 6.57. The third-order valence-corrected chi connectivity index (χ3v) is 4.78. The van der Waals surface area contributed by atoms with Gasteiger partial charge in [-0.15, -0.1) is 5.10 Å². The van der Waals surface area contributed by atoms with Gasteiger partial charge in [-0.3, -0.25) is 9.48 Å². The van der Waals surface area contributed by atoms with Crippen molar-refractivity contribution >= 4 is 5.91 Å². The van der Waals surface area contributed by atoms with Crippen molar-refractivity contribution in [1.29, 1.82) is 0 Å². The molecule has 1 saturated heterocycles. The predicted molar refractivity (Wildman–Crippen MR) is 97.1 cm³/mol. The van der Waals surface area contributed by atoms with E-state index in [1.54, 1.807) is 11.8 Å². The molecule has 1 aromatic heterocycles. The highest BCUT2D eigenvalue weighted by atomic mass is 16.5. The summed E-state index contributed by atoms with van der Waals surface area (Å²) in [7, 11) is 3.52. The van der Waals surface area contributed by atoms with Gasteiger partial charge in [0.25, 0.3) is 0 Å². The number of aryl methyl sites for hydroxylation is 2. The maximum atomic E-state index is 12.6. The number of likely N-dealkylation sites (tertiary alicyclic amines) is 1. The van der Waals surface area contributed by atoms with Crippen LogP contribution in [-0.2, 0) is 23.0 Å². The van der Waals surface area contributed by atoms with Crippen molar-refractivity contribution in [2.75, 3.05) is 26.8 Å². The fourth-order valence-electron chi connectivity index (χ4n) is 3.36. The molecule has 0 unspecified atom stereocenters. The topological polar surface area (TPSA) is 69.5 Å². The molecule has 2 atom stereocenters.